The van der Waals surface area contributed by atoms with Gasteiger partial charge in [-0.2, -0.15) is 0 Å². The number of hydrogen-bond donors (Lipinski definition) is 2. The Morgan fingerprint density at radius 1 is 1.07 bits per heavy atom. The summed E-state index contributed by atoms with van der Waals surface area (Å²) in [6.07, 6.45) is 1.99. The zero-order valence-electron chi connectivity index (χ0n) is 17.2. The van der Waals surface area contributed by atoms with Gasteiger partial charge in [0.05, 0.1) is 20.3 Å². The first kappa shape index (κ1) is 20.9. The van der Waals surface area contributed by atoms with Crippen LogP contribution in [0.4, 0.5) is 0 Å². The third-order valence-corrected chi connectivity index (χ3v) is 5.79. The summed E-state index contributed by atoms with van der Waals surface area (Å²) in [6.45, 7) is 7.97. The Labute approximate surface area is 168 Å². The van der Waals surface area contributed by atoms with E-state index in [1.165, 1.54) is 5.56 Å². The van der Waals surface area contributed by atoms with Gasteiger partial charge in [-0.25, -0.2) is 0 Å². The Morgan fingerprint density at radius 2 is 1.75 bits per heavy atom. The van der Waals surface area contributed by atoms with E-state index in [1.54, 1.807) is 7.11 Å². The maximum atomic E-state index is 5.64. The number of guanidine groups is 1. The average Bonchev–Trinajstić information content (AvgIpc) is 2.77. The van der Waals surface area contributed by atoms with Crippen molar-refractivity contribution in [2.24, 2.45) is 4.99 Å². The van der Waals surface area contributed by atoms with Crippen LogP contribution >= 0.6 is 0 Å². The smallest absolute Gasteiger partial charge is 0.191 e. The molecule has 0 aliphatic carbocycles. The van der Waals surface area contributed by atoms with Crippen LogP contribution in [-0.2, 0) is 14.9 Å². The summed E-state index contributed by atoms with van der Waals surface area (Å²) in [7, 11) is 3.53. The summed E-state index contributed by atoms with van der Waals surface area (Å²) in [5.74, 6) is 1.74. The molecule has 156 valence electrons. The molecule has 0 radical (unpaired) electrons. The number of methoxy groups -OCH3 is 1. The van der Waals surface area contributed by atoms with Crippen molar-refractivity contribution in [1.82, 2.24) is 15.5 Å². The first-order chi connectivity index (χ1) is 13.8. The van der Waals surface area contributed by atoms with Gasteiger partial charge in [0, 0.05) is 58.4 Å². The second-order valence-electron chi connectivity index (χ2n) is 7.43. The molecule has 1 aromatic carbocycles. The van der Waals surface area contributed by atoms with Crippen molar-refractivity contribution in [1.29, 1.82) is 0 Å². The van der Waals surface area contributed by atoms with Crippen LogP contribution in [0.15, 0.2) is 29.3 Å². The fraction of sp³-hybridized carbons (Fsp3) is 0.667. The van der Waals surface area contributed by atoms with Crippen LogP contribution in [0.3, 0.4) is 0 Å². The van der Waals surface area contributed by atoms with Crippen LogP contribution in [0.5, 0.6) is 5.75 Å². The van der Waals surface area contributed by atoms with Gasteiger partial charge in [-0.3, -0.25) is 9.89 Å². The highest BCUT2D eigenvalue weighted by molar-refractivity contribution is 5.79. The number of morpholine rings is 1. The molecular formula is C21H34N4O3. The van der Waals surface area contributed by atoms with Crippen molar-refractivity contribution < 1.29 is 14.2 Å². The topological polar surface area (TPSA) is 67.4 Å². The summed E-state index contributed by atoms with van der Waals surface area (Å²) < 4.78 is 16.4. The van der Waals surface area contributed by atoms with Gasteiger partial charge < -0.3 is 24.8 Å². The van der Waals surface area contributed by atoms with Crippen LogP contribution in [0.2, 0.25) is 0 Å². The van der Waals surface area contributed by atoms with Gasteiger partial charge >= 0.3 is 0 Å². The Morgan fingerprint density at radius 3 is 2.39 bits per heavy atom. The van der Waals surface area contributed by atoms with Crippen molar-refractivity contribution in [3.8, 4) is 5.75 Å². The second-order valence-corrected chi connectivity index (χ2v) is 7.43. The Balaban J connectivity index is 1.55. The van der Waals surface area contributed by atoms with E-state index in [4.69, 9.17) is 14.2 Å². The van der Waals surface area contributed by atoms with Crippen LogP contribution in [0, 0.1) is 0 Å². The van der Waals surface area contributed by atoms with Gasteiger partial charge in [-0.15, -0.1) is 0 Å². The first-order valence-electron chi connectivity index (χ1n) is 10.2. The van der Waals surface area contributed by atoms with E-state index < -0.39 is 0 Å². The van der Waals surface area contributed by atoms with Crippen LogP contribution in [0.25, 0.3) is 0 Å². The molecule has 28 heavy (non-hydrogen) atoms. The molecule has 0 aromatic heterocycles. The molecule has 2 heterocycles. The Hall–Kier alpha value is -1.83. The van der Waals surface area contributed by atoms with E-state index >= 15 is 0 Å². The third kappa shape index (κ3) is 5.59. The number of ether oxygens (including phenoxy) is 3. The number of aliphatic imine (C=N–C) groups is 1. The van der Waals surface area contributed by atoms with Gasteiger partial charge in [0.25, 0.3) is 0 Å². The normalized spacial score (nSPS) is 20.6. The molecule has 7 nitrogen and oxygen atoms in total. The zero-order chi connectivity index (χ0) is 19.7. The van der Waals surface area contributed by atoms with E-state index in [0.717, 1.165) is 83.7 Å². The minimum absolute atomic E-state index is 0.0480. The van der Waals surface area contributed by atoms with Crippen molar-refractivity contribution in [3.63, 3.8) is 0 Å². The Bertz CT molecular complexity index is 609. The Kier molecular flexibility index (Phi) is 7.94. The number of hydrogen-bond acceptors (Lipinski definition) is 5. The first-order valence-corrected chi connectivity index (χ1v) is 10.2. The predicted octanol–water partition coefficient (Wildman–Crippen LogP) is 1.24. The van der Waals surface area contributed by atoms with Gasteiger partial charge in [-0.05, 0) is 30.5 Å². The van der Waals surface area contributed by atoms with Crippen molar-refractivity contribution in [2.45, 2.75) is 18.3 Å². The number of nitrogens with zero attached hydrogens (tertiary/aromatic N) is 2. The number of benzene rings is 1. The summed E-state index contributed by atoms with van der Waals surface area (Å²) in [4.78, 5) is 6.82. The zero-order valence-corrected chi connectivity index (χ0v) is 17.2. The lowest BCUT2D eigenvalue weighted by molar-refractivity contribution is 0.0388. The highest BCUT2D eigenvalue weighted by atomic mass is 16.5. The third-order valence-electron chi connectivity index (χ3n) is 5.79. The molecule has 0 bridgehead atoms. The summed E-state index contributed by atoms with van der Waals surface area (Å²) in [6, 6.07) is 8.45. The quantitative estimate of drug-likeness (QED) is 0.539. The molecule has 2 saturated heterocycles. The van der Waals surface area contributed by atoms with Gasteiger partial charge in [0.15, 0.2) is 5.96 Å². The fourth-order valence-corrected chi connectivity index (χ4v) is 3.90. The maximum absolute atomic E-state index is 5.64. The maximum Gasteiger partial charge on any atom is 0.191 e. The minimum atomic E-state index is 0.0480. The number of rotatable bonds is 7. The highest BCUT2D eigenvalue weighted by Gasteiger charge is 2.34. The molecule has 7 heteroatoms. The van der Waals surface area contributed by atoms with E-state index in [0.29, 0.717) is 0 Å². The standard InChI is InChI=1S/C21H34N4O3/c1-22-20(23-9-10-25-11-15-28-16-12-25)24-17-21(7-13-27-14-8-21)18-3-5-19(26-2)6-4-18/h3-6H,7-17H2,1-2H3,(H2,22,23,24). The van der Waals surface area contributed by atoms with Gasteiger partial charge in [-0.1, -0.05) is 12.1 Å². The van der Waals surface area contributed by atoms with E-state index in [2.05, 4.69) is 32.7 Å². The summed E-state index contributed by atoms with van der Waals surface area (Å²) >= 11 is 0. The van der Waals surface area contributed by atoms with E-state index in [9.17, 15) is 0 Å². The molecule has 2 fully saturated rings. The van der Waals surface area contributed by atoms with E-state index in [1.807, 2.05) is 19.2 Å². The lowest BCUT2D eigenvalue weighted by Gasteiger charge is -2.38. The summed E-state index contributed by atoms with van der Waals surface area (Å²) in [5.41, 5.74) is 1.37. The highest BCUT2D eigenvalue weighted by Crippen LogP contribution is 2.35. The van der Waals surface area contributed by atoms with Crippen LogP contribution in [-0.4, -0.2) is 84.2 Å². The van der Waals surface area contributed by atoms with Gasteiger partial charge in [0.1, 0.15) is 5.75 Å². The molecule has 2 aliphatic rings. The van der Waals surface area contributed by atoms with Crippen molar-refractivity contribution in [2.75, 3.05) is 73.3 Å². The molecule has 3 rings (SSSR count). The van der Waals surface area contributed by atoms with Crippen molar-refractivity contribution in [3.05, 3.63) is 29.8 Å². The molecule has 0 atom stereocenters. The average molecular weight is 391 g/mol. The second kappa shape index (κ2) is 10.6. The molecule has 2 N–H and O–H groups in total. The minimum Gasteiger partial charge on any atom is -0.497 e. The van der Waals surface area contributed by atoms with E-state index in [-0.39, 0.29) is 5.41 Å². The number of nitrogens with one attached hydrogen (secondary N) is 2. The lowest BCUT2D eigenvalue weighted by atomic mass is 9.74. The van der Waals surface area contributed by atoms with Gasteiger partial charge in [0.2, 0.25) is 0 Å². The summed E-state index contributed by atoms with van der Waals surface area (Å²) in [5, 5.41) is 7.00. The molecule has 1 aromatic rings. The lowest BCUT2D eigenvalue weighted by Crippen LogP contribution is -2.49. The molecule has 0 spiro atoms. The van der Waals surface area contributed by atoms with Crippen LogP contribution < -0.4 is 15.4 Å². The molecular weight excluding hydrogens is 356 g/mol. The van der Waals surface area contributed by atoms with Crippen LogP contribution in [0.1, 0.15) is 18.4 Å². The fourth-order valence-electron chi connectivity index (χ4n) is 3.90. The SMILES string of the molecule is CN=C(NCCN1CCOCC1)NCC1(c2ccc(OC)cc2)CCOCC1. The monoisotopic (exact) mass is 390 g/mol. The molecule has 0 saturated carbocycles. The molecule has 0 unspecified atom stereocenters. The molecule has 0 amide bonds. The van der Waals surface area contributed by atoms with Crippen molar-refractivity contribution >= 4 is 5.96 Å². The molecule has 2 aliphatic heterocycles. The largest absolute Gasteiger partial charge is 0.497 e. The predicted molar refractivity (Wildman–Crippen MR) is 111 cm³/mol.